The molecule has 3 aliphatic rings. The van der Waals surface area contributed by atoms with E-state index >= 15 is 0 Å². The van der Waals surface area contributed by atoms with Crippen molar-refractivity contribution >= 4 is 15.7 Å². The zero-order chi connectivity index (χ0) is 14.2. The maximum Gasteiger partial charge on any atom is 0.223 e. The summed E-state index contributed by atoms with van der Waals surface area (Å²) in [5.74, 6) is 1.39. The van der Waals surface area contributed by atoms with Crippen molar-refractivity contribution in [3.8, 4) is 0 Å². The molecule has 1 amide bonds. The molecule has 1 heterocycles. The molecule has 0 aromatic carbocycles. The molecule has 1 saturated heterocycles. The summed E-state index contributed by atoms with van der Waals surface area (Å²) in [5, 5.41) is 0. The lowest BCUT2D eigenvalue weighted by Crippen LogP contribution is -2.42. The minimum atomic E-state index is -2.90. The summed E-state index contributed by atoms with van der Waals surface area (Å²) in [5.41, 5.74) is 0. The second-order valence-corrected chi connectivity index (χ2v) is 9.01. The molecule has 0 spiro atoms. The van der Waals surface area contributed by atoms with E-state index in [0.29, 0.717) is 18.9 Å². The second-order valence-electron chi connectivity index (χ2n) is 6.78. The Bertz CT molecular complexity index is 464. The number of hydrogen-bond donors (Lipinski definition) is 0. The molecule has 3 rings (SSSR count). The van der Waals surface area contributed by atoms with Crippen LogP contribution >= 0.6 is 0 Å². The van der Waals surface area contributed by atoms with Crippen molar-refractivity contribution in [2.75, 3.05) is 11.5 Å². The van der Waals surface area contributed by atoms with Crippen molar-refractivity contribution in [3.63, 3.8) is 0 Å². The summed E-state index contributed by atoms with van der Waals surface area (Å²) in [4.78, 5) is 14.5. The molecule has 1 atom stereocenters. The number of amides is 1. The van der Waals surface area contributed by atoms with Gasteiger partial charge in [0.25, 0.3) is 0 Å². The van der Waals surface area contributed by atoms with E-state index in [1.54, 1.807) is 0 Å². The normalized spacial score (nSPS) is 29.7. The van der Waals surface area contributed by atoms with E-state index in [2.05, 4.69) is 0 Å². The number of nitrogens with zero attached hydrogens (tertiary/aromatic N) is 1. The third kappa shape index (κ3) is 3.35. The van der Waals surface area contributed by atoms with Gasteiger partial charge in [-0.15, -0.1) is 0 Å². The predicted molar refractivity (Wildman–Crippen MR) is 78.1 cm³/mol. The molecule has 2 aliphatic carbocycles. The summed E-state index contributed by atoms with van der Waals surface area (Å²) >= 11 is 0. The van der Waals surface area contributed by atoms with E-state index in [1.807, 2.05) is 4.90 Å². The van der Waals surface area contributed by atoms with Crippen molar-refractivity contribution in [2.45, 2.75) is 69.9 Å². The number of carbonyl (C=O) groups is 1. The first-order valence-electron chi connectivity index (χ1n) is 8.07. The summed E-state index contributed by atoms with van der Waals surface area (Å²) in [7, 11) is -2.90. The van der Waals surface area contributed by atoms with Crippen LogP contribution in [0.5, 0.6) is 0 Å². The van der Waals surface area contributed by atoms with Crippen molar-refractivity contribution in [3.05, 3.63) is 0 Å². The van der Waals surface area contributed by atoms with Gasteiger partial charge in [-0.25, -0.2) is 8.42 Å². The van der Waals surface area contributed by atoms with Crippen LogP contribution in [-0.4, -0.2) is 42.8 Å². The van der Waals surface area contributed by atoms with Gasteiger partial charge in [0.2, 0.25) is 5.91 Å². The Morgan fingerprint density at radius 3 is 2.25 bits per heavy atom. The van der Waals surface area contributed by atoms with Crippen LogP contribution in [0.15, 0.2) is 0 Å². The second kappa shape index (κ2) is 5.66. The zero-order valence-corrected chi connectivity index (χ0v) is 12.9. The fraction of sp³-hybridized carbons (Fsp3) is 0.933. The molecule has 20 heavy (non-hydrogen) atoms. The Kier molecular flexibility index (Phi) is 4.07. The quantitative estimate of drug-likeness (QED) is 0.781. The van der Waals surface area contributed by atoms with Gasteiger partial charge in [-0.1, -0.05) is 25.7 Å². The summed E-state index contributed by atoms with van der Waals surface area (Å²) in [6.07, 6.45) is 9.56. The van der Waals surface area contributed by atoms with Gasteiger partial charge < -0.3 is 4.90 Å². The lowest BCUT2D eigenvalue weighted by Gasteiger charge is -2.28. The van der Waals surface area contributed by atoms with E-state index in [4.69, 9.17) is 0 Å². The highest BCUT2D eigenvalue weighted by atomic mass is 32.2. The first kappa shape index (κ1) is 14.4. The fourth-order valence-corrected chi connectivity index (χ4v) is 5.52. The van der Waals surface area contributed by atoms with Crippen LogP contribution in [0, 0.1) is 5.92 Å². The molecule has 0 aromatic rings. The van der Waals surface area contributed by atoms with Gasteiger partial charge in [0.1, 0.15) is 0 Å². The summed E-state index contributed by atoms with van der Waals surface area (Å²) < 4.78 is 23.3. The SMILES string of the molecule is O=C(CCC1CCCC1)N(C1CC1)[C@H]1CCS(=O)(=O)C1. The van der Waals surface area contributed by atoms with Gasteiger partial charge in [0.15, 0.2) is 9.84 Å². The molecule has 2 saturated carbocycles. The monoisotopic (exact) mass is 299 g/mol. The Morgan fingerprint density at radius 1 is 1.00 bits per heavy atom. The standard InChI is InChI=1S/C15H25NO3S/c17-15(8-5-12-3-1-2-4-12)16(13-6-7-13)14-9-10-20(18,19)11-14/h12-14H,1-11H2/t14-/m0/s1. The van der Waals surface area contributed by atoms with E-state index in [-0.39, 0.29) is 23.5 Å². The molecule has 0 bridgehead atoms. The van der Waals surface area contributed by atoms with Crippen LogP contribution in [0.2, 0.25) is 0 Å². The molecule has 3 fully saturated rings. The topological polar surface area (TPSA) is 54.5 Å². The Morgan fingerprint density at radius 2 is 1.70 bits per heavy atom. The highest BCUT2D eigenvalue weighted by Crippen LogP contribution is 2.34. The van der Waals surface area contributed by atoms with Crippen molar-refractivity contribution < 1.29 is 13.2 Å². The van der Waals surface area contributed by atoms with Crippen LogP contribution < -0.4 is 0 Å². The minimum Gasteiger partial charge on any atom is -0.336 e. The molecule has 0 unspecified atom stereocenters. The fourth-order valence-electron chi connectivity index (χ4n) is 3.81. The minimum absolute atomic E-state index is 0.0384. The van der Waals surface area contributed by atoms with Crippen molar-refractivity contribution in [1.82, 2.24) is 4.90 Å². The maximum atomic E-state index is 12.5. The smallest absolute Gasteiger partial charge is 0.223 e. The van der Waals surface area contributed by atoms with E-state index in [1.165, 1.54) is 25.7 Å². The number of carbonyl (C=O) groups excluding carboxylic acids is 1. The Hall–Kier alpha value is -0.580. The van der Waals surface area contributed by atoms with Gasteiger partial charge in [-0.05, 0) is 31.6 Å². The van der Waals surface area contributed by atoms with Gasteiger partial charge in [0, 0.05) is 18.5 Å². The molecule has 5 heteroatoms. The van der Waals surface area contributed by atoms with Gasteiger partial charge in [-0.2, -0.15) is 0 Å². The first-order chi connectivity index (χ1) is 9.55. The largest absolute Gasteiger partial charge is 0.336 e. The van der Waals surface area contributed by atoms with E-state index in [9.17, 15) is 13.2 Å². The van der Waals surface area contributed by atoms with Crippen molar-refractivity contribution in [1.29, 1.82) is 0 Å². The lowest BCUT2D eigenvalue weighted by molar-refractivity contribution is -0.134. The van der Waals surface area contributed by atoms with Crippen LogP contribution in [0.3, 0.4) is 0 Å². The predicted octanol–water partition coefficient (Wildman–Crippen LogP) is 2.13. The van der Waals surface area contributed by atoms with Crippen LogP contribution in [0.25, 0.3) is 0 Å². The number of sulfone groups is 1. The average Bonchev–Trinajstić information content (AvgIpc) is 2.95. The third-order valence-corrected chi connectivity index (χ3v) is 6.82. The molecule has 114 valence electrons. The Balaban J connectivity index is 1.57. The van der Waals surface area contributed by atoms with Crippen LogP contribution in [0.4, 0.5) is 0 Å². The molecule has 1 aliphatic heterocycles. The Labute approximate surface area is 121 Å². The third-order valence-electron chi connectivity index (χ3n) is 5.07. The van der Waals surface area contributed by atoms with Gasteiger partial charge >= 0.3 is 0 Å². The molecule has 0 aromatic heterocycles. The van der Waals surface area contributed by atoms with E-state index < -0.39 is 9.84 Å². The zero-order valence-electron chi connectivity index (χ0n) is 12.1. The first-order valence-corrected chi connectivity index (χ1v) is 9.89. The molecule has 0 N–H and O–H groups in total. The van der Waals surface area contributed by atoms with Crippen molar-refractivity contribution in [2.24, 2.45) is 5.92 Å². The molecular formula is C15H25NO3S. The van der Waals surface area contributed by atoms with Crippen LogP contribution in [-0.2, 0) is 14.6 Å². The molecule has 0 radical (unpaired) electrons. The molecular weight excluding hydrogens is 274 g/mol. The maximum absolute atomic E-state index is 12.5. The summed E-state index contributed by atoms with van der Waals surface area (Å²) in [6, 6.07) is 0.299. The van der Waals surface area contributed by atoms with Crippen LogP contribution in [0.1, 0.15) is 57.8 Å². The van der Waals surface area contributed by atoms with Gasteiger partial charge in [-0.3, -0.25) is 4.79 Å². The molecule has 4 nitrogen and oxygen atoms in total. The average molecular weight is 299 g/mol. The highest BCUT2D eigenvalue weighted by molar-refractivity contribution is 7.91. The number of hydrogen-bond acceptors (Lipinski definition) is 3. The number of rotatable bonds is 5. The van der Waals surface area contributed by atoms with E-state index in [0.717, 1.165) is 25.2 Å². The lowest BCUT2D eigenvalue weighted by atomic mass is 10.0. The van der Waals surface area contributed by atoms with Gasteiger partial charge in [0.05, 0.1) is 11.5 Å². The highest BCUT2D eigenvalue weighted by Gasteiger charge is 2.41. The summed E-state index contributed by atoms with van der Waals surface area (Å²) in [6.45, 7) is 0.